The molecule has 3 rings (SSSR count). The quantitative estimate of drug-likeness (QED) is 0.744. The molecule has 90 valence electrons. The van der Waals surface area contributed by atoms with Gasteiger partial charge in [-0.2, -0.15) is 0 Å². The minimum Gasteiger partial charge on any atom is -0.497 e. The van der Waals surface area contributed by atoms with Crippen molar-refractivity contribution < 1.29 is 4.74 Å². The fraction of sp³-hybridized carbons (Fsp3) is 0.0769. The maximum absolute atomic E-state index is 5.89. The molecular formula is C13H12N4O. The zero-order valence-corrected chi connectivity index (χ0v) is 9.87. The first-order valence-electron chi connectivity index (χ1n) is 5.52. The van der Waals surface area contributed by atoms with E-state index in [4.69, 9.17) is 10.5 Å². The van der Waals surface area contributed by atoms with Gasteiger partial charge in [0.25, 0.3) is 0 Å². The summed E-state index contributed by atoms with van der Waals surface area (Å²) in [4.78, 5) is 4.11. The van der Waals surface area contributed by atoms with Crippen molar-refractivity contribution in [3.05, 3.63) is 42.7 Å². The van der Waals surface area contributed by atoms with E-state index in [1.165, 1.54) is 0 Å². The number of benzene rings is 1. The zero-order valence-electron chi connectivity index (χ0n) is 9.87. The highest BCUT2D eigenvalue weighted by Crippen LogP contribution is 2.24. The molecule has 5 heteroatoms. The fourth-order valence-corrected chi connectivity index (χ4v) is 1.93. The van der Waals surface area contributed by atoms with Crippen molar-refractivity contribution in [3.63, 3.8) is 0 Å². The van der Waals surface area contributed by atoms with Crippen LogP contribution in [-0.2, 0) is 0 Å². The fourth-order valence-electron chi connectivity index (χ4n) is 1.93. The maximum Gasteiger partial charge on any atom is 0.153 e. The lowest BCUT2D eigenvalue weighted by molar-refractivity contribution is 0.414. The Hall–Kier alpha value is -2.56. The molecule has 5 nitrogen and oxygen atoms in total. The standard InChI is InChI=1S/C13H12N4O/c1-18-10-4-2-3-9(7-10)17-12-8-15-6-5-11(12)13(14)16-17/h2-8H,1H3,(H2,14,16). The van der Waals surface area contributed by atoms with E-state index < -0.39 is 0 Å². The van der Waals surface area contributed by atoms with Gasteiger partial charge in [-0.3, -0.25) is 4.98 Å². The van der Waals surface area contributed by atoms with Gasteiger partial charge >= 0.3 is 0 Å². The molecule has 0 atom stereocenters. The molecule has 2 N–H and O–H groups in total. The monoisotopic (exact) mass is 240 g/mol. The van der Waals surface area contributed by atoms with Crippen molar-refractivity contribution in [1.82, 2.24) is 14.8 Å². The summed E-state index contributed by atoms with van der Waals surface area (Å²) in [6.45, 7) is 0. The Morgan fingerprint density at radius 3 is 3.00 bits per heavy atom. The lowest BCUT2D eigenvalue weighted by Crippen LogP contribution is -1.97. The largest absolute Gasteiger partial charge is 0.497 e. The van der Waals surface area contributed by atoms with Crippen LogP contribution in [0.5, 0.6) is 5.75 Å². The first-order chi connectivity index (χ1) is 8.79. The van der Waals surface area contributed by atoms with Gasteiger partial charge in [0, 0.05) is 17.6 Å². The number of aromatic nitrogens is 3. The molecule has 0 aliphatic carbocycles. The summed E-state index contributed by atoms with van der Waals surface area (Å²) < 4.78 is 6.97. The van der Waals surface area contributed by atoms with Crippen molar-refractivity contribution in [2.24, 2.45) is 0 Å². The van der Waals surface area contributed by atoms with E-state index in [0.717, 1.165) is 22.3 Å². The van der Waals surface area contributed by atoms with Crippen LogP contribution in [0.25, 0.3) is 16.6 Å². The zero-order chi connectivity index (χ0) is 12.5. The molecule has 3 aromatic rings. The molecule has 0 saturated carbocycles. The van der Waals surface area contributed by atoms with Crippen LogP contribution in [0.1, 0.15) is 0 Å². The summed E-state index contributed by atoms with van der Waals surface area (Å²) >= 11 is 0. The predicted molar refractivity (Wildman–Crippen MR) is 69.8 cm³/mol. The second-order valence-corrected chi connectivity index (χ2v) is 3.89. The summed E-state index contributed by atoms with van der Waals surface area (Å²) in [6.07, 6.45) is 3.45. The molecule has 2 aromatic heterocycles. The number of rotatable bonds is 2. The Labute approximate surface area is 104 Å². The Morgan fingerprint density at radius 2 is 2.17 bits per heavy atom. The minimum atomic E-state index is 0.496. The highest BCUT2D eigenvalue weighted by Gasteiger charge is 2.09. The average Bonchev–Trinajstić information content (AvgIpc) is 2.77. The SMILES string of the molecule is COc1cccc(-n2nc(N)c3ccncc32)c1. The number of pyridine rings is 1. The molecule has 2 heterocycles. The number of nitrogen functional groups attached to an aromatic ring is 1. The molecule has 0 aliphatic rings. The van der Waals surface area contributed by atoms with Crippen LogP contribution in [0, 0.1) is 0 Å². The van der Waals surface area contributed by atoms with Crippen LogP contribution >= 0.6 is 0 Å². The maximum atomic E-state index is 5.89. The number of nitrogens with two attached hydrogens (primary N) is 1. The number of ether oxygens (including phenoxy) is 1. The normalized spacial score (nSPS) is 10.7. The summed E-state index contributed by atoms with van der Waals surface area (Å²) in [6, 6.07) is 9.50. The molecule has 0 bridgehead atoms. The number of fused-ring (bicyclic) bond motifs is 1. The highest BCUT2D eigenvalue weighted by molar-refractivity contribution is 5.89. The topological polar surface area (TPSA) is 66.0 Å². The van der Waals surface area contributed by atoms with Crippen molar-refractivity contribution in [3.8, 4) is 11.4 Å². The Morgan fingerprint density at radius 1 is 1.28 bits per heavy atom. The molecule has 0 spiro atoms. The molecule has 1 aromatic carbocycles. The number of nitrogens with zero attached hydrogens (tertiary/aromatic N) is 3. The predicted octanol–water partition coefficient (Wildman–Crippen LogP) is 2.01. The van der Waals surface area contributed by atoms with E-state index in [2.05, 4.69) is 10.1 Å². The first-order valence-corrected chi connectivity index (χ1v) is 5.52. The van der Waals surface area contributed by atoms with Crippen molar-refractivity contribution in [2.75, 3.05) is 12.8 Å². The highest BCUT2D eigenvalue weighted by atomic mass is 16.5. The Bertz CT molecular complexity index is 705. The van der Waals surface area contributed by atoms with Crippen LogP contribution in [0.15, 0.2) is 42.7 Å². The van der Waals surface area contributed by atoms with Gasteiger partial charge in [-0.15, -0.1) is 5.10 Å². The number of hydrogen-bond donors (Lipinski definition) is 1. The smallest absolute Gasteiger partial charge is 0.153 e. The third kappa shape index (κ3) is 1.57. The first kappa shape index (κ1) is 10.6. The molecule has 0 fully saturated rings. The molecule has 0 amide bonds. The van der Waals surface area contributed by atoms with E-state index in [0.29, 0.717) is 5.82 Å². The summed E-state index contributed by atoms with van der Waals surface area (Å²) in [7, 11) is 1.64. The second kappa shape index (κ2) is 4.03. The third-order valence-corrected chi connectivity index (χ3v) is 2.81. The molecular weight excluding hydrogens is 228 g/mol. The minimum absolute atomic E-state index is 0.496. The van der Waals surface area contributed by atoms with Gasteiger partial charge in [0.15, 0.2) is 5.82 Å². The van der Waals surface area contributed by atoms with Crippen molar-refractivity contribution in [2.45, 2.75) is 0 Å². The average molecular weight is 240 g/mol. The van der Waals surface area contributed by atoms with Gasteiger partial charge in [-0.1, -0.05) is 6.07 Å². The summed E-state index contributed by atoms with van der Waals surface area (Å²) in [5.41, 5.74) is 7.66. The van der Waals surface area contributed by atoms with Gasteiger partial charge < -0.3 is 10.5 Å². The van der Waals surface area contributed by atoms with Crippen LogP contribution < -0.4 is 10.5 Å². The summed E-state index contributed by atoms with van der Waals surface area (Å²) in [5, 5.41) is 5.23. The Balaban J connectivity index is 2.25. The van der Waals surface area contributed by atoms with E-state index >= 15 is 0 Å². The van der Waals surface area contributed by atoms with E-state index in [-0.39, 0.29) is 0 Å². The number of methoxy groups -OCH3 is 1. The molecule has 18 heavy (non-hydrogen) atoms. The lowest BCUT2D eigenvalue weighted by Gasteiger charge is -2.05. The van der Waals surface area contributed by atoms with Gasteiger partial charge in [-0.05, 0) is 18.2 Å². The van der Waals surface area contributed by atoms with E-state index in [9.17, 15) is 0 Å². The van der Waals surface area contributed by atoms with Crippen molar-refractivity contribution >= 4 is 16.7 Å². The van der Waals surface area contributed by atoms with Gasteiger partial charge in [0.1, 0.15) is 5.75 Å². The van der Waals surface area contributed by atoms with E-state index in [1.807, 2.05) is 30.3 Å². The van der Waals surface area contributed by atoms with Gasteiger partial charge in [0.05, 0.1) is 24.5 Å². The van der Waals surface area contributed by atoms with Gasteiger partial charge in [0.2, 0.25) is 0 Å². The third-order valence-electron chi connectivity index (χ3n) is 2.81. The number of hydrogen-bond acceptors (Lipinski definition) is 4. The van der Waals surface area contributed by atoms with Crippen molar-refractivity contribution in [1.29, 1.82) is 0 Å². The molecule has 0 unspecified atom stereocenters. The Kier molecular flexibility index (Phi) is 2.37. The van der Waals surface area contributed by atoms with Gasteiger partial charge in [-0.25, -0.2) is 4.68 Å². The molecule has 0 aliphatic heterocycles. The van der Waals surface area contributed by atoms with Crippen LogP contribution in [-0.4, -0.2) is 21.9 Å². The lowest BCUT2D eigenvalue weighted by atomic mass is 10.3. The summed E-state index contributed by atoms with van der Waals surface area (Å²) in [5.74, 6) is 1.27. The second-order valence-electron chi connectivity index (χ2n) is 3.89. The molecule has 0 radical (unpaired) electrons. The number of anilines is 1. The molecule has 0 saturated heterocycles. The van der Waals surface area contributed by atoms with Crippen LogP contribution in [0.3, 0.4) is 0 Å². The van der Waals surface area contributed by atoms with Crippen LogP contribution in [0.2, 0.25) is 0 Å². The van der Waals surface area contributed by atoms with Crippen LogP contribution in [0.4, 0.5) is 5.82 Å². The van der Waals surface area contributed by atoms with E-state index in [1.54, 1.807) is 24.2 Å².